The zero-order chi connectivity index (χ0) is 23.4. The summed E-state index contributed by atoms with van der Waals surface area (Å²) in [6.45, 7) is 0.747. The molecule has 0 aliphatic carbocycles. The number of nitrogens with zero attached hydrogens (tertiary/aromatic N) is 2. The maximum absolute atomic E-state index is 13.4. The second kappa shape index (κ2) is 10.3. The van der Waals surface area contributed by atoms with Crippen LogP contribution in [0.5, 0.6) is 0 Å². The lowest BCUT2D eigenvalue weighted by atomic mass is 10.1. The van der Waals surface area contributed by atoms with Crippen LogP contribution in [-0.4, -0.2) is 32.8 Å². The van der Waals surface area contributed by atoms with Crippen molar-refractivity contribution in [2.24, 2.45) is 0 Å². The van der Waals surface area contributed by atoms with Gasteiger partial charge < -0.3 is 10.2 Å². The molecule has 4 rings (SSSR count). The molecule has 1 atom stereocenters. The lowest BCUT2D eigenvalue weighted by molar-refractivity contribution is -0.131. The number of carbonyl (C=O) groups is 2. The number of benzene rings is 3. The normalized spacial score (nSPS) is 15.8. The largest absolute Gasteiger partial charge is 0.332 e. The van der Waals surface area contributed by atoms with Crippen molar-refractivity contribution in [3.05, 3.63) is 100 Å². The van der Waals surface area contributed by atoms with E-state index in [1.165, 1.54) is 0 Å². The predicted molar refractivity (Wildman–Crippen MR) is 135 cm³/mol. The van der Waals surface area contributed by atoms with E-state index in [-0.39, 0.29) is 18.2 Å². The second-order valence-electron chi connectivity index (χ2n) is 7.72. The highest BCUT2D eigenvalue weighted by atomic mass is 35.5. The molecule has 0 spiro atoms. The van der Waals surface area contributed by atoms with Gasteiger partial charge >= 0.3 is 0 Å². The number of anilines is 1. The Morgan fingerprint density at radius 3 is 2.06 bits per heavy atom. The van der Waals surface area contributed by atoms with E-state index in [0.29, 0.717) is 33.9 Å². The highest BCUT2D eigenvalue weighted by molar-refractivity contribution is 7.80. The summed E-state index contributed by atoms with van der Waals surface area (Å²) in [5, 5.41) is 4.44. The maximum Gasteiger partial charge on any atom is 0.252 e. The smallest absolute Gasteiger partial charge is 0.252 e. The van der Waals surface area contributed by atoms with E-state index >= 15 is 0 Å². The fourth-order valence-corrected chi connectivity index (χ4v) is 4.29. The molecule has 1 N–H and O–H groups in total. The average Bonchev–Trinajstić information content (AvgIpc) is 3.02. The van der Waals surface area contributed by atoms with Gasteiger partial charge in [-0.1, -0.05) is 65.7 Å². The van der Waals surface area contributed by atoms with E-state index in [1.807, 2.05) is 47.4 Å². The Labute approximate surface area is 207 Å². The highest BCUT2D eigenvalue weighted by Crippen LogP contribution is 2.26. The van der Waals surface area contributed by atoms with Crippen molar-refractivity contribution in [2.75, 3.05) is 5.32 Å². The summed E-state index contributed by atoms with van der Waals surface area (Å²) in [7, 11) is 0. The quantitative estimate of drug-likeness (QED) is 0.436. The Hall–Kier alpha value is -2.93. The van der Waals surface area contributed by atoms with E-state index in [9.17, 15) is 9.59 Å². The average molecular weight is 498 g/mol. The minimum atomic E-state index is -0.704. The molecule has 5 nitrogen and oxygen atoms in total. The molecular formula is C25H21Cl2N3O2S. The fraction of sp³-hybridized carbons (Fsp3) is 0.160. The van der Waals surface area contributed by atoms with E-state index in [0.717, 1.165) is 11.1 Å². The van der Waals surface area contributed by atoms with E-state index < -0.39 is 6.04 Å². The van der Waals surface area contributed by atoms with Crippen LogP contribution in [0.15, 0.2) is 78.9 Å². The molecule has 1 fully saturated rings. The molecule has 1 aliphatic heterocycles. The summed E-state index contributed by atoms with van der Waals surface area (Å²) in [5.74, 6) is -0.467. The van der Waals surface area contributed by atoms with Gasteiger partial charge in [0.15, 0.2) is 5.11 Å². The molecule has 0 radical (unpaired) electrons. The predicted octanol–water partition coefficient (Wildman–Crippen LogP) is 5.52. The summed E-state index contributed by atoms with van der Waals surface area (Å²) in [4.78, 5) is 29.6. The molecule has 3 aromatic carbocycles. The number of rotatable bonds is 7. The van der Waals surface area contributed by atoms with Gasteiger partial charge in [-0.05, 0) is 59.7 Å². The van der Waals surface area contributed by atoms with Crippen LogP contribution in [-0.2, 0) is 22.7 Å². The third-order valence-electron chi connectivity index (χ3n) is 5.36. The SMILES string of the molecule is O=C(C[C@@H]1C(=O)N(Cc2ccccc2)C(=S)N1Cc1ccc(Cl)cc1)Nc1ccc(Cl)cc1. The molecular weight excluding hydrogens is 477 g/mol. The molecule has 0 bridgehead atoms. The lowest BCUT2D eigenvalue weighted by Gasteiger charge is -2.24. The second-order valence-corrected chi connectivity index (χ2v) is 8.96. The van der Waals surface area contributed by atoms with Crippen LogP contribution in [0.2, 0.25) is 10.0 Å². The summed E-state index contributed by atoms with van der Waals surface area (Å²) in [6, 6.07) is 23.1. The van der Waals surface area contributed by atoms with Gasteiger partial charge in [0.05, 0.1) is 13.0 Å². The van der Waals surface area contributed by atoms with Gasteiger partial charge in [-0.15, -0.1) is 0 Å². The minimum Gasteiger partial charge on any atom is -0.332 e. The van der Waals surface area contributed by atoms with E-state index in [4.69, 9.17) is 35.4 Å². The fourth-order valence-electron chi connectivity index (χ4n) is 3.69. The van der Waals surface area contributed by atoms with Crippen molar-refractivity contribution in [1.82, 2.24) is 9.80 Å². The Kier molecular flexibility index (Phi) is 7.28. The first kappa shape index (κ1) is 23.2. The van der Waals surface area contributed by atoms with Gasteiger partial charge in [0.1, 0.15) is 6.04 Å². The third-order valence-corrected chi connectivity index (χ3v) is 6.32. The number of thiocarbonyl (C=S) groups is 1. The van der Waals surface area contributed by atoms with Crippen LogP contribution in [0, 0.1) is 0 Å². The number of amides is 2. The maximum atomic E-state index is 13.4. The molecule has 2 amide bonds. The van der Waals surface area contributed by atoms with Crippen molar-refractivity contribution in [3.8, 4) is 0 Å². The van der Waals surface area contributed by atoms with Crippen molar-refractivity contribution < 1.29 is 9.59 Å². The third kappa shape index (κ3) is 5.71. The molecule has 0 aromatic heterocycles. The summed E-state index contributed by atoms with van der Waals surface area (Å²) < 4.78 is 0. The van der Waals surface area contributed by atoms with Crippen LogP contribution >= 0.6 is 35.4 Å². The zero-order valence-corrected chi connectivity index (χ0v) is 19.9. The van der Waals surface area contributed by atoms with Crippen molar-refractivity contribution in [3.63, 3.8) is 0 Å². The van der Waals surface area contributed by atoms with Crippen LogP contribution in [0.4, 0.5) is 5.69 Å². The van der Waals surface area contributed by atoms with Gasteiger partial charge in [0.2, 0.25) is 5.91 Å². The van der Waals surface area contributed by atoms with Crippen molar-refractivity contribution in [1.29, 1.82) is 0 Å². The van der Waals surface area contributed by atoms with E-state index in [2.05, 4.69) is 5.32 Å². The molecule has 33 heavy (non-hydrogen) atoms. The molecule has 8 heteroatoms. The van der Waals surface area contributed by atoms with Crippen molar-refractivity contribution >= 4 is 58.0 Å². The summed E-state index contributed by atoms with van der Waals surface area (Å²) in [6.07, 6.45) is -0.0273. The number of halogens is 2. The van der Waals surface area contributed by atoms with Gasteiger partial charge in [-0.3, -0.25) is 14.5 Å². The zero-order valence-electron chi connectivity index (χ0n) is 17.6. The molecule has 0 saturated carbocycles. The van der Waals surface area contributed by atoms with Crippen LogP contribution in [0.1, 0.15) is 17.5 Å². The standard InChI is InChI=1S/C25H21Cl2N3O2S/c26-19-8-6-18(7-9-19)15-29-22(14-23(31)28-21-12-10-20(27)11-13-21)24(32)30(25(29)33)16-17-4-2-1-3-5-17/h1-13,22H,14-16H2,(H,28,31)/t22-/m1/s1. The highest BCUT2D eigenvalue weighted by Gasteiger charge is 2.43. The topological polar surface area (TPSA) is 52.7 Å². The molecule has 3 aromatic rings. The minimum absolute atomic E-state index is 0.0273. The first-order valence-corrected chi connectivity index (χ1v) is 11.5. The Morgan fingerprint density at radius 1 is 0.848 bits per heavy atom. The molecule has 1 aliphatic rings. The summed E-state index contributed by atoms with van der Waals surface area (Å²) in [5.41, 5.74) is 2.52. The van der Waals surface area contributed by atoms with Gasteiger partial charge in [-0.25, -0.2) is 0 Å². The Bertz CT molecular complexity index is 1150. The molecule has 1 saturated heterocycles. The first-order chi connectivity index (χ1) is 15.9. The van der Waals surface area contributed by atoms with Gasteiger partial charge in [0, 0.05) is 22.3 Å². The number of hydrogen-bond donors (Lipinski definition) is 1. The number of hydrogen-bond acceptors (Lipinski definition) is 3. The lowest BCUT2D eigenvalue weighted by Crippen LogP contribution is -2.37. The molecule has 0 unspecified atom stereocenters. The van der Waals surface area contributed by atoms with Gasteiger partial charge in [-0.2, -0.15) is 0 Å². The van der Waals surface area contributed by atoms with Gasteiger partial charge in [0.25, 0.3) is 5.91 Å². The Morgan fingerprint density at radius 2 is 1.42 bits per heavy atom. The summed E-state index contributed by atoms with van der Waals surface area (Å²) >= 11 is 17.6. The monoisotopic (exact) mass is 497 g/mol. The van der Waals surface area contributed by atoms with Crippen molar-refractivity contribution in [2.45, 2.75) is 25.6 Å². The van der Waals surface area contributed by atoms with E-state index in [1.54, 1.807) is 41.3 Å². The Balaban J connectivity index is 1.55. The van der Waals surface area contributed by atoms with Crippen LogP contribution < -0.4 is 5.32 Å². The molecule has 168 valence electrons. The molecule has 1 heterocycles. The van der Waals surface area contributed by atoms with Crippen LogP contribution in [0.25, 0.3) is 0 Å². The first-order valence-electron chi connectivity index (χ1n) is 10.4. The number of nitrogens with one attached hydrogen (secondary N) is 1. The number of carbonyl (C=O) groups excluding carboxylic acids is 2. The van der Waals surface area contributed by atoms with Crippen LogP contribution in [0.3, 0.4) is 0 Å².